The molecule has 3 N–H and O–H groups in total. The second kappa shape index (κ2) is 5.44. The van der Waals surface area contributed by atoms with Crippen LogP contribution in [0.2, 0.25) is 0 Å². The average Bonchev–Trinajstić information content (AvgIpc) is 2.39. The lowest BCUT2D eigenvalue weighted by molar-refractivity contribution is 0.0303. The van der Waals surface area contributed by atoms with Crippen LogP contribution in [0.15, 0.2) is 18.5 Å². The van der Waals surface area contributed by atoms with Gasteiger partial charge in [0.05, 0.1) is 18.0 Å². The average molecular weight is 237 g/mol. The highest BCUT2D eigenvalue weighted by Crippen LogP contribution is 2.21. The molecule has 5 heteroatoms. The Morgan fingerprint density at radius 1 is 1.29 bits per heavy atom. The van der Waals surface area contributed by atoms with Gasteiger partial charge < -0.3 is 20.4 Å². The molecule has 1 aliphatic heterocycles. The first-order valence-corrected chi connectivity index (χ1v) is 5.95. The molecule has 1 aliphatic rings. The van der Waals surface area contributed by atoms with E-state index < -0.39 is 12.2 Å². The minimum Gasteiger partial charge on any atom is -0.390 e. The van der Waals surface area contributed by atoms with E-state index in [0.29, 0.717) is 5.56 Å². The van der Waals surface area contributed by atoms with E-state index in [4.69, 9.17) is 0 Å². The zero-order chi connectivity index (χ0) is 12.3. The third-order valence-electron chi connectivity index (χ3n) is 3.03. The molecule has 1 aromatic heterocycles. The lowest BCUT2D eigenvalue weighted by Gasteiger charge is -2.29. The normalized spacial score (nSPS) is 20.1. The lowest BCUT2D eigenvalue weighted by atomic mass is 10.1. The molecule has 94 valence electrons. The Kier molecular flexibility index (Phi) is 3.93. The molecule has 5 nitrogen and oxygen atoms in total. The van der Waals surface area contributed by atoms with Crippen LogP contribution in [0.1, 0.15) is 18.6 Å². The second-order valence-electron chi connectivity index (χ2n) is 4.40. The van der Waals surface area contributed by atoms with Crippen molar-refractivity contribution in [1.29, 1.82) is 0 Å². The largest absolute Gasteiger partial charge is 0.390 e. The van der Waals surface area contributed by atoms with Crippen LogP contribution in [0.5, 0.6) is 0 Å². The molecule has 1 saturated heterocycles. The summed E-state index contributed by atoms with van der Waals surface area (Å²) in [5, 5.41) is 22.5. The highest BCUT2D eigenvalue weighted by Gasteiger charge is 2.16. The van der Waals surface area contributed by atoms with Crippen molar-refractivity contribution < 1.29 is 10.2 Å². The van der Waals surface area contributed by atoms with Gasteiger partial charge in [0.25, 0.3) is 0 Å². The first kappa shape index (κ1) is 12.3. The van der Waals surface area contributed by atoms with Crippen molar-refractivity contribution in [2.45, 2.75) is 19.1 Å². The second-order valence-corrected chi connectivity index (χ2v) is 4.40. The predicted molar refractivity (Wildman–Crippen MR) is 66.0 cm³/mol. The summed E-state index contributed by atoms with van der Waals surface area (Å²) in [4.78, 5) is 6.35. The fourth-order valence-electron chi connectivity index (χ4n) is 1.98. The Morgan fingerprint density at radius 3 is 2.65 bits per heavy atom. The number of nitrogens with zero attached hydrogens (tertiary/aromatic N) is 2. The zero-order valence-corrected chi connectivity index (χ0v) is 10.0. The van der Waals surface area contributed by atoms with Crippen molar-refractivity contribution in [3.63, 3.8) is 0 Å². The van der Waals surface area contributed by atoms with E-state index >= 15 is 0 Å². The van der Waals surface area contributed by atoms with Gasteiger partial charge in [-0.15, -0.1) is 0 Å². The van der Waals surface area contributed by atoms with Crippen molar-refractivity contribution in [1.82, 2.24) is 10.3 Å². The van der Waals surface area contributed by atoms with Crippen LogP contribution in [-0.2, 0) is 0 Å². The number of piperazine rings is 1. The van der Waals surface area contributed by atoms with E-state index in [1.165, 1.54) is 0 Å². The molecule has 0 amide bonds. The fourth-order valence-corrected chi connectivity index (χ4v) is 1.98. The third-order valence-corrected chi connectivity index (χ3v) is 3.03. The maximum atomic E-state index is 9.80. The zero-order valence-electron chi connectivity index (χ0n) is 10.0. The molecule has 0 spiro atoms. The first-order chi connectivity index (χ1) is 8.18. The Hall–Kier alpha value is -1.17. The predicted octanol–water partition coefficient (Wildman–Crippen LogP) is -0.0946. The van der Waals surface area contributed by atoms with Crippen molar-refractivity contribution >= 4 is 5.69 Å². The van der Waals surface area contributed by atoms with E-state index in [1.54, 1.807) is 19.3 Å². The highest BCUT2D eigenvalue weighted by atomic mass is 16.3. The van der Waals surface area contributed by atoms with Gasteiger partial charge in [-0.3, -0.25) is 4.98 Å². The standard InChI is InChI=1S/C12H19N3O2/c1-9(16)12(17)10-6-11(8-14-7-10)15-4-2-13-3-5-15/h6-9,12-13,16-17H,2-5H2,1H3. The summed E-state index contributed by atoms with van der Waals surface area (Å²) >= 11 is 0. The van der Waals surface area contributed by atoms with Crippen LogP contribution < -0.4 is 10.2 Å². The van der Waals surface area contributed by atoms with Gasteiger partial charge in [0.1, 0.15) is 6.10 Å². The van der Waals surface area contributed by atoms with Gasteiger partial charge in [0.15, 0.2) is 0 Å². The summed E-state index contributed by atoms with van der Waals surface area (Å²) in [5.74, 6) is 0. The molecule has 2 rings (SSSR count). The van der Waals surface area contributed by atoms with Gasteiger partial charge in [-0.05, 0) is 13.0 Å². The molecular weight excluding hydrogens is 218 g/mol. The molecule has 2 unspecified atom stereocenters. The molecule has 0 saturated carbocycles. The first-order valence-electron chi connectivity index (χ1n) is 5.95. The molecule has 2 heterocycles. The maximum Gasteiger partial charge on any atom is 0.106 e. The number of aliphatic hydroxyl groups is 2. The number of aliphatic hydroxyl groups excluding tert-OH is 2. The highest BCUT2D eigenvalue weighted by molar-refractivity contribution is 5.47. The van der Waals surface area contributed by atoms with Gasteiger partial charge in [-0.1, -0.05) is 0 Å². The minimum absolute atomic E-state index is 0.663. The molecule has 1 fully saturated rings. The Morgan fingerprint density at radius 2 is 2.00 bits per heavy atom. The van der Waals surface area contributed by atoms with Gasteiger partial charge >= 0.3 is 0 Å². The molecular formula is C12H19N3O2. The van der Waals surface area contributed by atoms with Gasteiger partial charge in [0.2, 0.25) is 0 Å². The smallest absolute Gasteiger partial charge is 0.106 e. The van der Waals surface area contributed by atoms with Crippen LogP contribution in [0, 0.1) is 0 Å². The summed E-state index contributed by atoms with van der Waals surface area (Å²) in [7, 11) is 0. The minimum atomic E-state index is -0.870. The molecule has 2 atom stereocenters. The summed E-state index contributed by atoms with van der Waals surface area (Å²) < 4.78 is 0. The van der Waals surface area contributed by atoms with Crippen LogP contribution in [0.25, 0.3) is 0 Å². The number of aromatic nitrogens is 1. The van der Waals surface area contributed by atoms with E-state index in [-0.39, 0.29) is 0 Å². The van der Waals surface area contributed by atoms with Crippen LogP contribution in [0.3, 0.4) is 0 Å². The van der Waals surface area contributed by atoms with E-state index in [9.17, 15) is 10.2 Å². The summed E-state index contributed by atoms with van der Waals surface area (Å²) in [6.45, 7) is 5.38. The Labute approximate surface area is 101 Å². The number of pyridine rings is 1. The third kappa shape index (κ3) is 2.94. The monoisotopic (exact) mass is 237 g/mol. The number of anilines is 1. The number of hydrogen-bond donors (Lipinski definition) is 3. The topological polar surface area (TPSA) is 68.6 Å². The SMILES string of the molecule is CC(O)C(O)c1cncc(N2CCNCC2)c1. The molecule has 0 aromatic carbocycles. The van der Waals surface area contributed by atoms with Crippen molar-refractivity contribution in [3.05, 3.63) is 24.0 Å². The summed E-state index contributed by atoms with van der Waals surface area (Å²) in [6.07, 6.45) is 1.74. The van der Waals surface area contributed by atoms with Crippen LogP contribution in [-0.4, -0.2) is 47.5 Å². The van der Waals surface area contributed by atoms with Crippen molar-refractivity contribution in [3.8, 4) is 0 Å². The maximum absolute atomic E-state index is 9.80. The Balaban J connectivity index is 2.15. The van der Waals surface area contributed by atoms with Crippen molar-refractivity contribution in [2.75, 3.05) is 31.1 Å². The number of rotatable bonds is 3. The molecule has 17 heavy (non-hydrogen) atoms. The molecule has 1 aromatic rings. The molecule has 0 bridgehead atoms. The van der Waals surface area contributed by atoms with Crippen LogP contribution in [0.4, 0.5) is 5.69 Å². The lowest BCUT2D eigenvalue weighted by Crippen LogP contribution is -2.43. The number of nitrogens with one attached hydrogen (secondary N) is 1. The van der Waals surface area contributed by atoms with Gasteiger partial charge in [-0.2, -0.15) is 0 Å². The van der Waals surface area contributed by atoms with Gasteiger partial charge in [0, 0.05) is 37.9 Å². The number of hydrogen-bond acceptors (Lipinski definition) is 5. The summed E-state index contributed by atoms with van der Waals surface area (Å²) in [6, 6.07) is 1.90. The Bertz CT molecular complexity index is 365. The molecule has 0 aliphatic carbocycles. The quantitative estimate of drug-likeness (QED) is 0.685. The summed E-state index contributed by atoms with van der Waals surface area (Å²) in [5.41, 5.74) is 1.67. The molecule has 0 radical (unpaired) electrons. The van der Waals surface area contributed by atoms with Gasteiger partial charge in [-0.25, -0.2) is 0 Å². The van der Waals surface area contributed by atoms with E-state index in [1.807, 2.05) is 6.07 Å². The van der Waals surface area contributed by atoms with Crippen LogP contribution >= 0.6 is 0 Å². The fraction of sp³-hybridized carbons (Fsp3) is 0.583. The van der Waals surface area contributed by atoms with Crippen molar-refractivity contribution in [2.24, 2.45) is 0 Å². The van der Waals surface area contributed by atoms with E-state index in [2.05, 4.69) is 15.2 Å². The van der Waals surface area contributed by atoms with E-state index in [0.717, 1.165) is 31.9 Å².